The van der Waals surface area contributed by atoms with Crippen molar-refractivity contribution < 1.29 is 33.4 Å². The molecule has 0 saturated carbocycles. The number of ether oxygens (including phenoxy) is 5. The number of carbonyl (C=O) groups is 1. The van der Waals surface area contributed by atoms with Gasteiger partial charge in [0.25, 0.3) is 5.69 Å². The molecule has 7 rings (SSSR count). The zero-order valence-corrected chi connectivity index (χ0v) is 19.8. The number of benzene rings is 3. The predicted octanol–water partition coefficient (Wildman–Crippen LogP) is 4.10. The highest BCUT2D eigenvalue weighted by molar-refractivity contribution is 5.89. The second-order valence-corrected chi connectivity index (χ2v) is 9.61. The molecule has 0 fully saturated rings. The summed E-state index contributed by atoms with van der Waals surface area (Å²) in [6.45, 7) is 0.988. The SMILES string of the molecule is CN1Cc2c(ccc3c2OCO3)[C@H]2[C@@H](OC(=O)c3ccc([N+](=O)[O-])cc3)Cc3cc4c(cc3[C@H]21)OCO4. The van der Waals surface area contributed by atoms with Crippen molar-refractivity contribution in [3.05, 3.63) is 86.5 Å². The van der Waals surface area contributed by atoms with E-state index < -0.39 is 17.0 Å². The average Bonchev–Trinajstić information content (AvgIpc) is 3.56. The molecule has 10 heteroatoms. The molecule has 0 saturated heterocycles. The average molecular weight is 502 g/mol. The second kappa shape index (κ2) is 8.10. The monoisotopic (exact) mass is 502 g/mol. The number of nitro groups is 1. The Morgan fingerprint density at radius 1 is 0.973 bits per heavy atom. The molecule has 188 valence electrons. The summed E-state index contributed by atoms with van der Waals surface area (Å²) in [5, 5.41) is 11.0. The molecule has 0 unspecified atom stereocenters. The summed E-state index contributed by atoms with van der Waals surface area (Å²) in [6, 6.07) is 13.3. The lowest BCUT2D eigenvalue weighted by Crippen LogP contribution is -2.45. The first-order valence-electron chi connectivity index (χ1n) is 12.0. The zero-order valence-electron chi connectivity index (χ0n) is 19.8. The van der Waals surface area contributed by atoms with Gasteiger partial charge in [-0.3, -0.25) is 15.0 Å². The van der Waals surface area contributed by atoms with Crippen molar-refractivity contribution in [1.82, 2.24) is 4.90 Å². The smallest absolute Gasteiger partial charge is 0.338 e. The van der Waals surface area contributed by atoms with Gasteiger partial charge < -0.3 is 23.7 Å². The van der Waals surface area contributed by atoms with Crippen LogP contribution in [-0.4, -0.2) is 42.5 Å². The van der Waals surface area contributed by atoms with E-state index in [0.717, 1.165) is 28.0 Å². The van der Waals surface area contributed by atoms with Gasteiger partial charge in [0.05, 0.1) is 10.5 Å². The predicted molar refractivity (Wildman–Crippen MR) is 128 cm³/mol. The summed E-state index contributed by atoms with van der Waals surface area (Å²) in [5.41, 5.74) is 4.40. The number of likely N-dealkylation sites (N-methyl/N-ethyl adjacent to an activating group) is 1. The van der Waals surface area contributed by atoms with Gasteiger partial charge in [-0.25, -0.2) is 4.79 Å². The first kappa shape index (κ1) is 21.9. The standard InChI is InChI=1S/C27H22N2O8/c1-28-11-19-17(6-7-20-26(19)36-13-33-20)24-23(37-27(30)14-2-4-16(5-3-14)29(31)32)9-15-8-21-22(35-12-34-21)10-18(15)25(24)28/h2-8,10,23-25H,9,11-13H2,1H3/t23-,24-,25+/m0/s1. The van der Waals surface area contributed by atoms with E-state index in [1.165, 1.54) is 24.3 Å². The molecule has 3 aromatic rings. The molecule has 0 bridgehead atoms. The van der Waals surface area contributed by atoms with E-state index in [9.17, 15) is 14.9 Å². The molecular formula is C27H22N2O8. The summed E-state index contributed by atoms with van der Waals surface area (Å²) in [7, 11) is 2.05. The summed E-state index contributed by atoms with van der Waals surface area (Å²) >= 11 is 0. The molecule has 0 spiro atoms. The van der Waals surface area contributed by atoms with Crippen LogP contribution in [0.2, 0.25) is 0 Å². The van der Waals surface area contributed by atoms with Crippen molar-refractivity contribution in [3.63, 3.8) is 0 Å². The molecule has 3 aliphatic heterocycles. The van der Waals surface area contributed by atoms with Crippen molar-refractivity contribution in [1.29, 1.82) is 0 Å². The third kappa shape index (κ3) is 3.40. The third-order valence-electron chi connectivity index (χ3n) is 7.61. The van der Waals surface area contributed by atoms with E-state index in [1.807, 2.05) is 31.3 Å². The number of hydrogen-bond donors (Lipinski definition) is 0. The quantitative estimate of drug-likeness (QED) is 0.297. The number of fused-ring (bicyclic) bond motifs is 8. The number of nitro benzene ring substituents is 1. The minimum atomic E-state index is -0.529. The van der Waals surface area contributed by atoms with E-state index in [1.54, 1.807) is 0 Å². The van der Waals surface area contributed by atoms with Crippen LogP contribution in [0.3, 0.4) is 0 Å². The summed E-state index contributed by atoms with van der Waals surface area (Å²) in [5.74, 6) is 2.13. The van der Waals surface area contributed by atoms with Crippen molar-refractivity contribution in [2.24, 2.45) is 0 Å². The van der Waals surface area contributed by atoms with Gasteiger partial charge in [0, 0.05) is 42.6 Å². The molecule has 0 amide bonds. The van der Waals surface area contributed by atoms with E-state index in [4.69, 9.17) is 23.7 Å². The van der Waals surface area contributed by atoms with Gasteiger partial charge in [0.2, 0.25) is 13.6 Å². The molecule has 3 heterocycles. The van der Waals surface area contributed by atoms with Crippen molar-refractivity contribution >= 4 is 11.7 Å². The van der Waals surface area contributed by atoms with Crippen LogP contribution in [0.5, 0.6) is 23.0 Å². The van der Waals surface area contributed by atoms with Gasteiger partial charge in [-0.15, -0.1) is 0 Å². The number of rotatable bonds is 3. The van der Waals surface area contributed by atoms with Gasteiger partial charge in [-0.1, -0.05) is 6.07 Å². The number of esters is 1. The largest absolute Gasteiger partial charge is 0.458 e. The lowest BCUT2D eigenvalue weighted by Gasteiger charge is -2.47. The lowest BCUT2D eigenvalue weighted by atomic mass is 9.70. The molecule has 1 aliphatic carbocycles. The molecule has 10 nitrogen and oxygen atoms in total. The van der Waals surface area contributed by atoms with Gasteiger partial charge in [-0.05, 0) is 54.1 Å². The first-order valence-corrected chi connectivity index (χ1v) is 12.0. The van der Waals surface area contributed by atoms with Gasteiger partial charge in [0.1, 0.15) is 6.10 Å². The second-order valence-electron chi connectivity index (χ2n) is 9.61. The van der Waals surface area contributed by atoms with Crippen LogP contribution in [0.1, 0.15) is 44.6 Å². The lowest BCUT2D eigenvalue weighted by molar-refractivity contribution is -0.384. The molecule has 0 N–H and O–H groups in total. The fraction of sp³-hybridized carbons (Fsp3) is 0.296. The molecule has 3 atom stereocenters. The number of nitrogens with zero attached hydrogens (tertiary/aromatic N) is 2. The topological polar surface area (TPSA) is 110 Å². The van der Waals surface area contributed by atoms with Crippen LogP contribution >= 0.6 is 0 Å². The minimum Gasteiger partial charge on any atom is -0.458 e. The van der Waals surface area contributed by atoms with Crippen molar-refractivity contribution in [3.8, 4) is 23.0 Å². The summed E-state index contributed by atoms with van der Waals surface area (Å²) < 4.78 is 28.9. The van der Waals surface area contributed by atoms with Gasteiger partial charge in [0.15, 0.2) is 23.0 Å². The maximum Gasteiger partial charge on any atom is 0.338 e. The van der Waals surface area contributed by atoms with E-state index in [0.29, 0.717) is 30.2 Å². The highest BCUT2D eigenvalue weighted by Gasteiger charge is 2.47. The van der Waals surface area contributed by atoms with Crippen molar-refractivity contribution in [2.45, 2.75) is 31.0 Å². The fourth-order valence-electron chi connectivity index (χ4n) is 5.98. The van der Waals surface area contributed by atoms with Gasteiger partial charge in [-0.2, -0.15) is 0 Å². The maximum atomic E-state index is 13.3. The number of hydrogen-bond acceptors (Lipinski definition) is 9. The highest BCUT2D eigenvalue weighted by atomic mass is 16.7. The summed E-state index contributed by atoms with van der Waals surface area (Å²) in [6.07, 6.45) is -0.0180. The molecular weight excluding hydrogens is 480 g/mol. The highest BCUT2D eigenvalue weighted by Crippen LogP contribution is 2.54. The first-order chi connectivity index (χ1) is 18.0. The van der Waals surface area contributed by atoms with Crippen molar-refractivity contribution in [2.75, 3.05) is 20.6 Å². The Labute approximate surface area is 211 Å². The van der Waals surface area contributed by atoms with E-state index in [-0.39, 0.29) is 36.8 Å². The zero-order chi connectivity index (χ0) is 25.3. The van der Waals surface area contributed by atoms with Crippen LogP contribution in [0.25, 0.3) is 0 Å². The minimum absolute atomic E-state index is 0.0826. The molecule has 3 aromatic carbocycles. The maximum absolute atomic E-state index is 13.3. The van der Waals surface area contributed by atoms with Crippen LogP contribution in [0, 0.1) is 10.1 Å². The number of carbonyl (C=O) groups excluding carboxylic acids is 1. The molecule has 37 heavy (non-hydrogen) atoms. The van der Waals surface area contributed by atoms with Gasteiger partial charge >= 0.3 is 5.97 Å². The number of non-ortho nitro benzene ring substituents is 1. The Morgan fingerprint density at radius 3 is 2.49 bits per heavy atom. The van der Waals surface area contributed by atoms with Crippen LogP contribution < -0.4 is 18.9 Å². The molecule has 0 aromatic heterocycles. The Kier molecular flexibility index (Phi) is 4.80. The Morgan fingerprint density at radius 2 is 1.70 bits per heavy atom. The Balaban J connectivity index is 1.31. The molecule has 4 aliphatic rings. The van der Waals surface area contributed by atoms with E-state index >= 15 is 0 Å². The molecule has 0 radical (unpaired) electrons. The normalized spacial score (nSPS) is 22.6. The Hall–Kier alpha value is -4.31. The third-order valence-corrected chi connectivity index (χ3v) is 7.61. The Bertz CT molecular complexity index is 1450. The van der Waals surface area contributed by atoms with Crippen LogP contribution in [0.15, 0.2) is 48.5 Å². The van der Waals surface area contributed by atoms with Crippen LogP contribution in [-0.2, 0) is 17.7 Å². The van der Waals surface area contributed by atoms with E-state index in [2.05, 4.69) is 4.90 Å². The summed E-state index contributed by atoms with van der Waals surface area (Å²) in [4.78, 5) is 26.0. The fourth-order valence-corrected chi connectivity index (χ4v) is 5.98. The van der Waals surface area contributed by atoms with Crippen LogP contribution in [0.4, 0.5) is 5.69 Å².